The van der Waals surface area contributed by atoms with Crippen LogP contribution in [0.4, 0.5) is 5.69 Å². The summed E-state index contributed by atoms with van der Waals surface area (Å²) in [5, 5.41) is 3.48. The van der Waals surface area contributed by atoms with Crippen LogP contribution < -0.4 is 10.2 Å². The molecule has 158 valence electrons. The van der Waals surface area contributed by atoms with Crippen LogP contribution in [0.25, 0.3) is 0 Å². The summed E-state index contributed by atoms with van der Waals surface area (Å²) in [5.74, 6) is 1.02. The molecule has 1 N–H and O–H groups in total. The second-order valence-corrected chi connectivity index (χ2v) is 7.49. The van der Waals surface area contributed by atoms with Crippen LogP contribution in [0.5, 0.6) is 0 Å². The number of benzene rings is 2. The number of nitrogens with zero attached hydrogens (tertiary/aromatic N) is 4. The third kappa shape index (κ3) is 6.89. The molecule has 2 aromatic carbocycles. The summed E-state index contributed by atoms with van der Waals surface area (Å²) >= 11 is 0. The Hall–Kier alpha value is -1.80. The van der Waals surface area contributed by atoms with Gasteiger partial charge < -0.3 is 20.0 Å². The van der Waals surface area contributed by atoms with Crippen molar-refractivity contribution in [1.29, 1.82) is 0 Å². The minimum Gasteiger partial charge on any atom is -0.368 e. The summed E-state index contributed by atoms with van der Waals surface area (Å²) in [6, 6.07) is 19.3. The molecule has 29 heavy (non-hydrogen) atoms. The number of piperazine rings is 1. The van der Waals surface area contributed by atoms with Gasteiger partial charge in [0.25, 0.3) is 0 Å². The molecule has 1 heterocycles. The minimum absolute atomic E-state index is 0. The van der Waals surface area contributed by atoms with E-state index in [1.54, 1.807) is 0 Å². The number of halogens is 1. The van der Waals surface area contributed by atoms with Crippen LogP contribution in [0.2, 0.25) is 0 Å². The Morgan fingerprint density at radius 1 is 0.931 bits per heavy atom. The molecule has 6 heteroatoms. The summed E-state index contributed by atoms with van der Waals surface area (Å²) in [7, 11) is 4.21. The molecule has 0 saturated carbocycles. The first-order valence-electron chi connectivity index (χ1n) is 10.2. The van der Waals surface area contributed by atoms with Gasteiger partial charge in [0, 0.05) is 45.0 Å². The maximum Gasteiger partial charge on any atom is 0.194 e. The normalized spacial score (nSPS) is 14.7. The summed E-state index contributed by atoms with van der Waals surface area (Å²) < 4.78 is 0. The van der Waals surface area contributed by atoms with Crippen LogP contribution >= 0.6 is 24.0 Å². The Morgan fingerprint density at radius 3 is 2.17 bits per heavy atom. The molecule has 3 rings (SSSR count). The van der Waals surface area contributed by atoms with Crippen molar-refractivity contribution in [3.05, 3.63) is 65.7 Å². The second kappa shape index (κ2) is 12.0. The first-order valence-corrected chi connectivity index (χ1v) is 10.2. The molecule has 0 bridgehead atoms. The molecule has 0 aromatic heterocycles. The highest BCUT2D eigenvalue weighted by atomic mass is 127. The van der Waals surface area contributed by atoms with E-state index in [0.717, 1.165) is 45.2 Å². The molecule has 5 nitrogen and oxygen atoms in total. The van der Waals surface area contributed by atoms with Crippen molar-refractivity contribution < 1.29 is 0 Å². The molecule has 1 aliphatic rings. The lowest BCUT2D eigenvalue weighted by Crippen LogP contribution is -2.52. The van der Waals surface area contributed by atoms with Crippen molar-refractivity contribution in [3.63, 3.8) is 0 Å². The Labute approximate surface area is 192 Å². The molecule has 0 unspecified atom stereocenters. The number of aliphatic imine (C=N–C) groups is 1. The fraction of sp³-hybridized carbons (Fsp3) is 0.435. The van der Waals surface area contributed by atoms with Gasteiger partial charge in [-0.05, 0) is 44.3 Å². The zero-order chi connectivity index (χ0) is 19.8. The summed E-state index contributed by atoms with van der Waals surface area (Å²) in [5.41, 5.74) is 3.96. The van der Waals surface area contributed by atoms with Crippen molar-refractivity contribution in [2.75, 3.05) is 51.7 Å². The van der Waals surface area contributed by atoms with Crippen LogP contribution in [0.1, 0.15) is 18.1 Å². The SMILES string of the molecule is CCNC(=NCc1ccccc1CN(C)C)N1CCN(c2ccccc2)CC1.I. The van der Waals surface area contributed by atoms with Crippen molar-refractivity contribution in [2.24, 2.45) is 4.99 Å². The number of rotatable bonds is 6. The van der Waals surface area contributed by atoms with E-state index in [1.165, 1.54) is 16.8 Å². The molecular weight excluding hydrogens is 473 g/mol. The van der Waals surface area contributed by atoms with E-state index in [0.29, 0.717) is 6.54 Å². The molecule has 2 aromatic rings. The molecule has 0 amide bonds. The average Bonchev–Trinajstić information content (AvgIpc) is 2.72. The van der Waals surface area contributed by atoms with Crippen molar-refractivity contribution in [3.8, 4) is 0 Å². The number of para-hydroxylation sites is 1. The summed E-state index contributed by atoms with van der Waals surface area (Å²) in [4.78, 5) is 12.0. The maximum absolute atomic E-state index is 4.97. The molecule has 0 radical (unpaired) electrons. The first-order chi connectivity index (χ1) is 13.7. The van der Waals surface area contributed by atoms with Gasteiger partial charge in [-0.15, -0.1) is 24.0 Å². The highest BCUT2D eigenvalue weighted by Crippen LogP contribution is 2.16. The number of guanidine groups is 1. The standard InChI is InChI=1S/C23H33N5.HI/c1-4-24-23(25-18-20-10-8-9-11-21(20)19-26(2)3)28-16-14-27(15-17-28)22-12-6-5-7-13-22;/h5-13H,4,14-19H2,1-3H3,(H,24,25);1H. The van der Waals surface area contributed by atoms with Crippen LogP contribution in [-0.4, -0.2) is 62.6 Å². The fourth-order valence-corrected chi connectivity index (χ4v) is 3.61. The number of anilines is 1. The lowest BCUT2D eigenvalue weighted by molar-refractivity contribution is 0.372. The smallest absolute Gasteiger partial charge is 0.194 e. The van der Waals surface area contributed by atoms with Gasteiger partial charge in [-0.3, -0.25) is 0 Å². The molecule has 0 atom stereocenters. The highest BCUT2D eigenvalue weighted by Gasteiger charge is 2.19. The number of nitrogens with one attached hydrogen (secondary N) is 1. The minimum atomic E-state index is 0. The predicted molar refractivity (Wildman–Crippen MR) is 134 cm³/mol. The van der Waals surface area contributed by atoms with Crippen LogP contribution in [0.15, 0.2) is 59.6 Å². The maximum atomic E-state index is 4.97. The van der Waals surface area contributed by atoms with E-state index in [9.17, 15) is 0 Å². The van der Waals surface area contributed by atoms with Gasteiger partial charge in [0.2, 0.25) is 0 Å². The monoisotopic (exact) mass is 507 g/mol. The van der Waals surface area contributed by atoms with E-state index in [-0.39, 0.29) is 24.0 Å². The topological polar surface area (TPSA) is 34.1 Å². The van der Waals surface area contributed by atoms with Gasteiger partial charge in [-0.1, -0.05) is 42.5 Å². The quantitative estimate of drug-likeness (QED) is 0.368. The van der Waals surface area contributed by atoms with Crippen molar-refractivity contribution >= 4 is 35.6 Å². The lowest BCUT2D eigenvalue weighted by atomic mass is 10.1. The Bertz CT molecular complexity index is 755. The van der Waals surface area contributed by atoms with E-state index < -0.39 is 0 Å². The molecule has 1 fully saturated rings. The largest absolute Gasteiger partial charge is 0.368 e. The van der Waals surface area contributed by atoms with Crippen LogP contribution in [0.3, 0.4) is 0 Å². The number of hydrogen-bond acceptors (Lipinski definition) is 3. The fourth-order valence-electron chi connectivity index (χ4n) is 3.61. The molecule has 1 saturated heterocycles. The van der Waals surface area contributed by atoms with Crippen LogP contribution in [-0.2, 0) is 13.1 Å². The van der Waals surface area contributed by atoms with E-state index in [1.807, 2.05) is 0 Å². The van der Waals surface area contributed by atoms with E-state index in [4.69, 9.17) is 4.99 Å². The van der Waals surface area contributed by atoms with Crippen molar-refractivity contribution in [2.45, 2.75) is 20.0 Å². The lowest BCUT2D eigenvalue weighted by Gasteiger charge is -2.37. The average molecular weight is 507 g/mol. The van der Waals surface area contributed by atoms with Gasteiger partial charge in [0.1, 0.15) is 0 Å². The zero-order valence-corrected chi connectivity index (χ0v) is 20.2. The molecule has 0 aliphatic carbocycles. The second-order valence-electron chi connectivity index (χ2n) is 7.49. The Morgan fingerprint density at radius 2 is 1.55 bits per heavy atom. The Balaban J connectivity index is 0.00000300. The summed E-state index contributed by atoms with van der Waals surface area (Å²) in [6.07, 6.45) is 0. The van der Waals surface area contributed by atoms with Gasteiger partial charge in [-0.2, -0.15) is 0 Å². The number of hydrogen-bond donors (Lipinski definition) is 1. The molecular formula is C23H34IN5. The predicted octanol–water partition coefficient (Wildman–Crippen LogP) is 3.65. The van der Waals surface area contributed by atoms with Gasteiger partial charge in [0.15, 0.2) is 5.96 Å². The van der Waals surface area contributed by atoms with Crippen LogP contribution in [0, 0.1) is 0 Å². The Kier molecular flexibility index (Phi) is 9.73. The first kappa shape index (κ1) is 23.5. The van der Waals surface area contributed by atoms with E-state index >= 15 is 0 Å². The van der Waals surface area contributed by atoms with Gasteiger partial charge in [0.05, 0.1) is 6.54 Å². The molecule has 0 spiro atoms. The third-order valence-electron chi connectivity index (χ3n) is 5.04. The third-order valence-corrected chi connectivity index (χ3v) is 5.04. The van der Waals surface area contributed by atoms with Gasteiger partial charge >= 0.3 is 0 Å². The van der Waals surface area contributed by atoms with Crippen molar-refractivity contribution in [1.82, 2.24) is 15.1 Å². The van der Waals surface area contributed by atoms with E-state index in [2.05, 4.69) is 95.6 Å². The molecule has 1 aliphatic heterocycles. The zero-order valence-electron chi connectivity index (χ0n) is 17.8. The van der Waals surface area contributed by atoms with Gasteiger partial charge in [-0.25, -0.2) is 4.99 Å². The summed E-state index contributed by atoms with van der Waals surface area (Å²) in [6.45, 7) is 8.69. The highest BCUT2D eigenvalue weighted by molar-refractivity contribution is 14.0.